The molecule has 0 saturated heterocycles. The van der Waals surface area contributed by atoms with E-state index in [0.717, 1.165) is 11.8 Å². The van der Waals surface area contributed by atoms with E-state index in [1.165, 1.54) is 24.3 Å². The van der Waals surface area contributed by atoms with Crippen LogP contribution >= 0.6 is 28.7 Å². The zero-order valence-electron chi connectivity index (χ0n) is 11.0. The molecule has 0 fully saturated rings. The molecule has 2 aromatic rings. The van der Waals surface area contributed by atoms with E-state index in [4.69, 9.17) is 0 Å². The summed E-state index contributed by atoms with van der Waals surface area (Å²) in [6.07, 6.45) is -4.66. The summed E-state index contributed by atoms with van der Waals surface area (Å²) in [5, 5.41) is 21.1. The van der Waals surface area contributed by atoms with Crippen molar-refractivity contribution in [3.05, 3.63) is 45.8 Å². The van der Waals surface area contributed by atoms with Gasteiger partial charge in [-0.3, -0.25) is 10.1 Å². The Morgan fingerprint density at radius 2 is 1.87 bits per heavy atom. The number of benzene rings is 1. The highest BCUT2D eigenvalue weighted by Crippen LogP contribution is 2.32. The number of non-ortho nitro benzene ring substituents is 1. The number of halogens is 4. The second kappa shape index (κ2) is 6.28. The lowest BCUT2D eigenvalue weighted by Gasteiger charge is -2.14. The van der Waals surface area contributed by atoms with Crippen molar-refractivity contribution in [1.82, 2.24) is 14.9 Å². The number of fused-ring (bicyclic) bond motifs is 1. The first-order chi connectivity index (χ1) is 10.4. The fourth-order valence-corrected chi connectivity index (χ4v) is 2.66. The Bertz CT molecular complexity index is 775. The van der Waals surface area contributed by atoms with Crippen LogP contribution in [0.15, 0.2) is 34.5 Å². The highest BCUT2D eigenvalue weighted by molar-refractivity contribution is 8.93. The standard InChI is InChI=1S/C11H6F3N5O2S.BrH/c12-11(13,14)9-15-16-10-18(9)17-8(5-22-10)6-1-3-7(4-2-6)19(20)21;/h1-4H,5H2;1H. The van der Waals surface area contributed by atoms with Gasteiger partial charge in [-0.1, -0.05) is 11.8 Å². The quantitative estimate of drug-likeness (QED) is 0.561. The fraction of sp³-hybridized carbons (Fsp3) is 0.182. The molecule has 2 heterocycles. The number of thioether (sulfide) groups is 1. The third-order valence-corrected chi connectivity index (χ3v) is 3.77. The molecular weight excluding hydrogens is 403 g/mol. The van der Waals surface area contributed by atoms with Gasteiger partial charge in [0.25, 0.3) is 11.5 Å². The minimum absolute atomic E-state index is 0. The lowest BCUT2D eigenvalue weighted by molar-refractivity contribution is -0.384. The molecule has 0 radical (unpaired) electrons. The molecule has 1 aliphatic heterocycles. The highest BCUT2D eigenvalue weighted by atomic mass is 79.9. The maximum Gasteiger partial charge on any atom is 0.453 e. The van der Waals surface area contributed by atoms with Gasteiger partial charge in [0.1, 0.15) is 0 Å². The van der Waals surface area contributed by atoms with Crippen molar-refractivity contribution in [2.45, 2.75) is 11.3 Å². The Morgan fingerprint density at radius 3 is 2.43 bits per heavy atom. The normalized spacial score (nSPS) is 13.8. The second-order valence-corrected chi connectivity index (χ2v) is 5.20. The summed E-state index contributed by atoms with van der Waals surface area (Å²) in [4.78, 5) is 10.0. The molecule has 122 valence electrons. The van der Waals surface area contributed by atoms with E-state index in [1.807, 2.05) is 0 Å². The molecule has 0 amide bonds. The first-order valence-electron chi connectivity index (χ1n) is 5.84. The van der Waals surface area contributed by atoms with Gasteiger partial charge in [-0.15, -0.1) is 27.2 Å². The van der Waals surface area contributed by atoms with Crippen molar-refractivity contribution in [1.29, 1.82) is 0 Å². The Hall–Kier alpha value is -1.95. The molecule has 0 unspecified atom stereocenters. The predicted molar refractivity (Wildman–Crippen MR) is 81.1 cm³/mol. The van der Waals surface area contributed by atoms with Crippen LogP contribution in [0.4, 0.5) is 18.9 Å². The zero-order chi connectivity index (χ0) is 15.9. The Morgan fingerprint density at radius 1 is 1.22 bits per heavy atom. The van der Waals surface area contributed by atoms with Crippen LogP contribution in [0.1, 0.15) is 11.4 Å². The first kappa shape index (κ1) is 17.4. The minimum atomic E-state index is -4.66. The van der Waals surface area contributed by atoms with E-state index < -0.39 is 16.9 Å². The summed E-state index contributed by atoms with van der Waals surface area (Å²) in [6.45, 7) is 0. The van der Waals surface area contributed by atoms with Gasteiger partial charge in [0.2, 0.25) is 5.16 Å². The number of hydrogen-bond acceptors (Lipinski definition) is 6. The molecule has 12 heteroatoms. The average Bonchev–Trinajstić information content (AvgIpc) is 2.90. The smallest absolute Gasteiger partial charge is 0.258 e. The number of hydrogen-bond donors (Lipinski definition) is 0. The molecule has 1 aromatic heterocycles. The second-order valence-electron chi connectivity index (χ2n) is 4.26. The summed E-state index contributed by atoms with van der Waals surface area (Å²) in [5.74, 6) is -0.900. The van der Waals surface area contributed by atoms with Crippen molar-refractivity contribution in [3.8, 4) is 0 Å². The van der Waals surface area contributed by atoms with E-state index >= 15 is 0 Å². The third kappa shape index (κ3) is 3.37. The number of nitro groups is 1. The van der Waals surface area contributed by atoms with Gasteiger partial charge in [0.05, 0.1) is 10.6 Å². The highest BCUT2D eigenvalue weighted by Gasteiger charge is 2.39. The van der Waals surface area contributed by atoms with Crippen molar-refractivity contribution in [2.24, 2.45) is 5.10 Å². The molecule has 0 atom stereocenters. The molecule has 1 aliphatic rings. The zero-order valence-corrected chi connectivity index (χ0v) is 13.5. The number of alkyl halides is 3. The van der Waals surface area contributed by atoms with Crippen LogP contribution in [0, 0.1) is 10.1 Å². The lowest BCUT2D eigenvalue weighted by Crippen LogP contribution is -2.18. The third-order valence-electron chi connectivity index (χ3n) is 2.84. The van der Waals surface area contributed by atoms with Crippen molar-refractivity contribution in [2.75, 3.05) is 5.75 Å². The number of rotatable bonds is 2. The maximum absolute atomic E-state index is 12.8. The number of aromatic nitrogens is 3. The summed E-state index contributed by atoms with van der Waals surface area (Å²) < 4.78 is 39.1. The molecular formula is C11H7BrF3N5O2S. The Labute approximate surface area is 141 Å². The molecule has 23 heavy (non-hydrogen) atoms. The molecule has 0 saturated carbocycles. The number of nitro benzene ring substituents is 1. The van der Waals surface area contributed by atoms with Gasteiger partial charge in [-0.2, -0.15) is 22.9 Å². The Balaban J connectivity index is 0.00000192. The summed E-state index contributed by atoms with van der Waals surface area (Å²) in [6, 6.07) is 5.43. The van der Waals surface area contributed by atoms with Crippen molar-refractivity contribution in [3.63, 3.8) is 0 Å². The van der Waals surface area contributed by atoms with Crippen LogP contribution in [-0.4, -0.2) is 31.3 Å². The molecule has 7 nitrogen and oxygen atoms in total. The van der Waals surface area contributed by atoms with Gasteiger partial charge in [0.15, 0.2) is 0 Å². The van der Waals surface area contributed by atoms with Crippen LogP contribution in [-0.2, 0) is 6.18 Å². The van der Waals surface area contributed by atoms with Crippen LogP contribution in [0.2, 0.25) is 0 Å². The maximum atomic E-state index is 12.8. The molecule has 0 spiro atoms. The van der Waals surface area contributed by atoms with Gasteiger partial charge in [-0.05, 0) is 17.7 Å². The van der Waals surface area contributed by atoms with E-state index in [2.05, 4.69) is 15.3 Å². The largest absolute Gasteiger partial charge is 0.453 e. The van der Waals surface area contributed by atoms with Crippen LogP contribution in [0.5, 0.6) is 0 Å². The van der Waals surface area contributed by atoms with Gasteiger partial charge in [0, 0.05) is 17.9 Å². The van der Waals surface area contributed by atoms with E-state index in [9.17, 15) is 23.3 Å². The first-order valence-corrected chi connectivity index (χ1v) is 6.83. The van der Waals surface area contributed by atoms with Gasteiger partial charge >= 0.3 is 6.18 Å². The Kier molecular flexibility index (Phi) is 4.75. The van der Waals surface area contributed by atoms with Gasteiger partial charge < -0.3 is 0 Å². The van der Waals surface area contributed by atoms with E-state index in [-0.39, 0.29) is 27.8 Å². The lowest BCUT2D eigenvalue weighted by atomic mass is 10.1. The number of nitrogens with zero attached hydrogens (tertiary/aromatic N) is 5. The molecule has 0 bridgehead atoms. The molecule has 1 aromatic carbocycles. The summed E-state index contributed by atoms with van der Waals surface area (Å²) in [5.41, 5.74) is 0.761. The van der Waals surface area contributed by atoms with E-state index in [1.54, 1.807) is 0 Å². The summed E-state index contributed by atoms with van der Waals surface area (Å²) in [7, 11) is 0. The van der Waals surface area contributed by atoms with Crippen LogP contribution < -0.4 is 0 Å². The molecule has 0 N–H and O–H groups in total. The van der Waals surface area contributed by atoms with Crippen molar-refractivity contribution < 1.29 is 18.1 Å². The van der Waals surface area contributed by atoms with E-state index in [0.29, 0.717) is 21.7 Å². The molecule has 3 rings (SSSR count). The van der Waals surface area contributed by atoms with Crippen LogP contribution in [0.25, 0.3) is 0 Å². The average molecular weight is 410 g/mol. The molecule has 0 aliphatic carbocycles. The van der Waals surface area contributed by atoms with Crippen molar-refractivity contribution >= 4 is 40.1 Å². The summed E-state index contributed by atoms with van der Waals surface area (Å²) >= 11 is 1.06. The predicted octanol–water partition coefficient (Wildman–Crippen LogP) is 3.14. The topological polar surface area (TPSA) is 86.2 Å². The monoisotopic (exact) mass is 409 g/mol. The van der Waals surface area contributed by atoms with Gasteiger partial charge in [-0.25, -0.2) is 0 Å². The fourth-order valence-electron chi connectivity index (χ4n) is 1.82. The minimum Gasteiger partial charge on any atom is -0.258 e. The van der Waals surface area contributed by atoms with Crippen LogP contribution in [0.3, 0.4) is 0 Å². The SMILES string of the molecule is Br.O=[N+]([O-])c1ccc(C2=Nn3c(nnc3C(F)(F)F)SC2)cc1.